The first-order chi connectivity index (χ1) is 10.9. The Balaban J connectivity index is 2.16. The lowest BCUT2D eigenvalue weighted by Gasteiger charge is -2.41. The lowest BCUT2D eigenvalue weighted by atomic mass is 10.1. The van der Waals surface area contributed by atoms with Crippen molar-refractivity contribution < 1.29 is 14.4 Å². The minimum Gasteiger partial charge on any atom is -0.477 e. The first kappa shape index (κ1) is 15.5. The molecule has 6 nitrogen and oxygen atoms in total. The fourth-order valence-electron chi connectivity index (χ4n) is 3.23. The molecule has 2 unspecified atom stereocenters. The van der Waals surface area contributed by atoms with Crippen LogP contribution in [0.25, 0.3) is 10.9 Å². The summed E-state index contributed by atoms with van der Waals surface area (Å²) in [5.41, 5.74) is -0.352. The van der Waals surface area contributed by atoms with Crippen LogP contribution in [-0.2, 0) is 0 Å². The van der Waals surface area contributed by atoms with Crippen LogP contribution in [0.1, 0.15) is 24.2 Å². The second-order valence-electron chi connectivity index (χ2n) is 5.95. The van der Waals surface area contributed by atoms with Crippen LogP contribution in [0.5, 0.6) is 0 Å². The summed E-state index contributed by atoms with van der Waals surface area (Å²) in [6.45, 7) is 5.79. The summed E-state index contributed by atoms with van der Waals surface area (Å²) >= 11 is 0. The minimum absolute atomic E-state index is 0.0617. The summed E-state index contributed by atoms with van der Waals surface area (Å²) in [5, 5.41) is 12.4. The van der Waals surface area contributed by atoms with E-state index in [9.17, 15) is 14.1 Å². The van der Waals surface area contributed by atoms with Crippen LogP contribution in [0.4, 0.5) is 10.2 Å². The summed E-state index contributed by atoms with van der Waals surface area (Å²) in [7, 11) is 0. The average molecular weight is 319 g/mol. The van der Waals surface area contributed by atoms with E-state index >= 15 is 0 Å². The molecule has 0 bridgehead atoms. The zero-order valence-electron chi connectivity index (χ0n) is 12.9. The van der Waals surface area contributed by atoms with E-state index in [2.05, 4.69) is 24.1 Å². The molecule has 7 heteroatoms. The molecule has 122 valence electrons. The van der Waals surface area contributed by atoms with Gasteiger partial charge >= 0.3 is 5.97 Å². The lowest BCUT2D eigenvalue weighted by molar-refractivity contribution is 0.0693. The number of carboxylic acids is 1. The fraction of sp³-hybridized carbons (Fsp3) is 0.375. The van der Waals surface area contributed by atoms with Gasteiger partial charge in [0.2, 0.25) is 5.43 Å². The Kier molecular flexibility index (Phi) is 3.81. The molecule has 2 N–H and O–H groups in total. The van der Waals surface area contributed by atoms with E-state index in [-0.39, 0.29) is 27.8 Å². The largest absolute Gasteiger partial charge is 0.477 e. The van der Waals surface area contributed by atoms with E-state index < -0.39 is 17.0 Å². The Morgan fingerprint density at radius 2 is 1.96 bits per heavy atom. The zero-order chi connectivity index (χ0) is 16.7. The minimum atomic E-state index is -1.43. The third-order valence-electron chi connectivity index (χ3n) is 4.30. The SMILES string of the molecule is CC1CNCC(C)N1c1ccc2c(=O)c(C(=O)O)cn(F)c2c1. The molecule has 0 spiro atoms. The van der Waals surface area contributed by atoms with Gasteiger partial charge in [-0.25, -0.2) is 4.79 Å². The predicted molar refractivity (Wildman–Crippen MR) is 85.9 cm³/mol. The van der Waals surface area contributed by atoms with Gasteiger partial charge in [-0.2, -0.15) is 4.79 Å². The Bertz CT molecular complexity index is 823. The molecule has 1 aliphatic rings. The van der Waals surface area contributed by atoms with Gasteiger partial charge in [0.25, 0.3) is 0 Å². The van der Waals surface area contributed by atoms with Gasteiger partial charge in [-0.15, -0.1) is 0 Å². The topological polar surface area (TPSA) is 74.6 Å². The Labute approximate surface area is 132 Å². The van der Waals surface area contributed by atoms with Crippen LogP contribution in [0.2, 0.25) is 0 Å². The maximum absolute atomic E-state index is 14.2. The quantitative estimate of drug-likeness (QED) is 0.880. The van der Waals surface area contributed by atoms with Gasteiger partial charge in [-0.1, -0.05) is 4.48 Å². The van der Waals surface area contributed by atoms with Gasteiger partial charge in [0.15, 0.2) is 0 Å². The molecule has 0 radical (unpaired) electrons. The number of hydrogen-bond acceptors (Lipinski definition) is 4. The van der Waals surface area contributed by atoms with Crippen LogP contribution >= 0.6 is 0 Å². The number of rotatable bonds is 2. The van der Waals surface area contributed by atoms with Crippen molar-refractivity contribution >= 4 is 22.6 Å². The van der Waals surface area contributed by atoms with Crippen molar-refractivity contribution in [1.29, 1.82) is 0 Å². The Morgan fingerprint density at radius 3 is 2.57 bits per heavy atom. The smallest absolute Gasteiger partial charge is 0.341 e. The summed E-state index contributed by atoms with van der Waals surface area (Å²) in [4.78, 5) is 25.6. The van der Waals surface area contributed by atoms with Crippen molar-refractivity contribution in [2.45, 2.75) is 25.9 Å². The normalized spacial score (nSPS) is 21.6. The monoisotopic (exact) mass is 319 g/mol. The van der Waals surface area contributed by atoms with Crippen LogP contribution < -0.4 is 15.6 Å². The number of carboxylic acid groups (broad SMARTS) is 1. The second-order valence-corrected chi connectivity index (χ2v) is 5.95. The van der Waals surface area contributed by atoms with Crippen molar-refractivity contribution in [2.75, 3.05) is 18.0 Å². The molecule has 1 aliphatic heterocycles. The Morgan fingerprint density at radius 1 is 1.30 bits per heavy atom. The molecule has 3 rings (SSSR count). The molecule has 2 heterocycles. The highest BCUT2D eigenvalue weighted by atomic mass is 19.2. The number of benzene rings is 1. The molecule has 2 atom stereocenters. The van der Waals surface area contributed by atoms with Crippen LogP contribution in [0, 0.1) is 0 Å². The molecule has 1 aromatic carbocycles. The van der Waals surface area contributed by atoms with Gasteiger partial charge in [0, 0.05) is 36.2 Å². The summed E-state index contributed by atoms with van der Waals surface area (Å²) in [6.07, 6.45) is 0.724. The van der Waals surface area contributed by atoms with Crippen molar-refractivity contribution in [1.82, 2.24) is 10.1 Å². The molecule has 0 saturated carbocycles. The number of aromatic carboxylic acids is 1. The van der Waals surface area contributed by atoms with Gasteiger partial charge in [-0.3, -0.25) is 4.79 Å². The predicted octanol–water partition coefficient (Wildman–Crippen LogP) is 1.62. The Hall–Kier alpha value is -2.41. The number of aromatic nitrogens is 1. The van der Waals surface area contributed by atoms with Gasteiger partial charge in [-0.05, 0) is 32.0 Å². The highest BCUT2D eigenvalue weighted by Crippen LogP contribution is 2.26. The number of carbonyl (C=O) groups is 1. The fourth-order valence-corrected chi connectivity index (χ4v) is 3.23. The number of piperazine rings is 1. The average Bonchev–Trinajstić information content (AvgIpc) is 2.50. The number of nitrogens with one attached hydrogen (secondary N) is 1. The van der Waals surface area contributed by atoms with E-state index in [1.165, 1.54) is 6.07 Å². The third kappa shape index (κ3) is 2.57. The number of hydrogen-bond donors (Lipinski definition) is 2. The highest BCUT2D eigenvalue weighted by Gasteiger charge is 2.25. The van der Waals surface area contributed by atoms with E-state index in [1.807, 2.05) is 0 Å². The van der Waals surface area contributed by atoms with E-state index in [0.29, 0.717) is 0 Å². The first-order valence-corrected chi connectivity index (χ1v) is 7.48. The first-order valence-electron chi connectivity index (χ1n) is 7.48. The maximum atomic E-state index is 14.2. The van der Waals surface area contributed by atoms with Crippen molar-refractivity contribution in [3.8, 4) is 0 Å². The highest BCUT2D eigenvalue weighted by molar-refractivity contribution is 5.93. The standard InChI is InChI=1S/C16H18FN3O3/c1-9-6-18-7-10(2)20(9)11-3-4-12-14(5-11)19(17)8-13(15(12)21)16(22)23/h3-5,8-10,18H,6-7H2,1-2H3,(H,22,23). The van der Waals surface area contributed by atoms with Crippen LogP contribution in [-0.4, -0.2) is 41.0 Å². The number of nitrogens with zero attached hydrogens (tertiary/aromatic N) is 2. The molecule has 1 aromatic heterocycles. The third-order valence-corrected chi connectivity index (χ3v) is 4.30. The number of anilines is 1. The van der Waals surface area contributed by atoms with E-state index in [1.54, 1.807) is 12.1 Å². The van der Waals surface area contributed by atoms with Crippen LogP contribution in [0.15, 0.2) is 29.2 Å². The summed E-state index contributed by atoms with van der Waals surface area (Å²) < 4.78 is 14.2. The number of fused-ring (bicyclic) bond motifs is 1. The van der Waals surface area contributed by atoms with Crippen molar-refractivity contribution in [3.05, 3.63) is 40.2 Å². The summed E-state index contributed by atoms with van der Waals surface area (Å²) in [5.74, 6) is -1.43. The molecular weight excluding hydrogens is 301 g/mol. The van der Waals surface area contributed by atoms with Gasteiger partial charge < -0.3 is 15.3 Å². The van der Waals surface area contributed by atoms with Crippen LogP contribution in [0.3, 0.4) is 0 Å². The molecular formula is C16H18FN3O3. The summed E-state index contributed by atoms with van der Waals surface area (Å²) in [6, 6.07) is 5.30. The van der Waals surface area contributed by atoms with Gasteiger partial charge in [0.1, 0.15) is 5.56 Å². The lowest BCUT2D eigenvalue weighted by Crippen LogP contribution is -2.55. The molecule has 0 amide bonds. The van der Waals surface area contributed by atoms with E-state index in [4.69, 9.17) is 5.11 Å². The molecule has 1 fully saturated rings. The van der Waals surface area contributed by atoms with Gasteiger partial charge in [0.05, 0.1) is 11.7 Å². The molecule has 2 aromatic rings. The molecule has 0 aliphatic carbocycles. The zero-order valence-corrected chi connectivity index (χ0v) is 12.9. The molecule has 1 saturated heterocycles. The van der Waals surface area contributed by atoms with Crippen molar-refractivity contribution in [2.24, 2.45) is 0 Å². The number of halogens is 1. The van der Waals surface area contributed by atoms with Crippen molar-refractivity contribution in [3.63, 3.8) is 0 Å². The maximum Gasteiger partial charge on any atom is 0.341 e. The number of pyridine rings is 1. The second kappa shape index (κ2) is 5.66. The van der Waals surface area contributed by atoms with E-state index in [0.717, 1.165) is 25.0 Å². The molecule has 23 heavy (non-hydrogen) atoms.